The van der Waals surface area contributed by atoms with Gasteiger partial charge in [-0.25, -0.2) is 14.4 Å². The molecule has 2 heterocycles. The average molecular weight is 542 g/mol. The zero-order valence-electron chi connectivity index (χ0n) is 22.4. The van der Waals surface area contributed by atoms with Crippen LogP contribution in [0.15, 0.2) is 67.4 Å². The van der Waals surface area contributed by atoms with Crippen LogP contribution in [0.4, 0.5) is 21.7 Å². The molecular formula is C31H32FN5O3. The predicted octanol–water partition coefficient (Wildman–Crippen LogP) is 5.21. The Morgan fingerprint density at radius 3 is 2.55 bits per heavy atom. The summed E-state index contributed by atoms with van der Waals surface area (Å²) in [4.78, 5) is 33.2. The van der Waals surface area contributed by atoms with Crippen LogP contribution in [0.1, 0.15) is 37.8 Å². The molecule has 40 heavy (non-hydrogen) atoms. The summed E-state index contributed by atoms with van der Waals surface area (Å²) in [7, 11) is 1.71. The number of carbonyl (C=O) groups excluding carboxylic acids is 2. The number of carbonyl (C=O) groups is 2. The topological polar surface area (TPSA) is 105 Å². The lowest BCUT2D eigenvalue weighted by Crippen LogP contribution is -2.29. The van der Waals surface area contributed by atoms with E-state index in [4.69, 9.17) is 4.74 Å². The van der Waals surface area contributed by atoms with Gasteiger partial charge in [0.2, 0.25) is 11.8 Å². The zero-order chi connectivity index (χ0) is 28.3. The van der Waals surface area contributed by atoms with Crippen LogP contribution >= 0.6 is 0 Å². The van der Waals surface area contributed by atoms with Crippen molar-refractivity contribution in [3.63, 3.8) is 0 Å². The summed E-state index contributed by atoms with van der Waals surface area (Å²) < 4.78 is 18.8. The van der Waals surface area contributed by atoms with Gasteiger partial charge in [0.25, 0.3) is 0 Å². The lowest BCUT2D eigenvalue weighted by molar-refractivity contribution is -0.121. The monoisotopic (exact) mass is 541 g/mol. The number of pyridine rings is 2. The van der Waals surface area contributed by atoms with Gasteiger partial charge in [-0.1, -0.05) is 12.5 Å². The van der Waals surface area contributed by atoms with E-state index in [2.05, 4.69) is 44.3 Å². The SMILES string of the molecule is C=CC(=O)NCCC#Cc1cc(-c2ccnc(NC(=O)C3CCC(OC)CC3)c2)cc(Nc2ccc(F)cc2)n1. The van der Waals surface area contributed by atoms with Crippen LogP contribution in [-0.4, -0.2) is 41.5 Å². The lowest BCUT2D eigenvalue weighted by Gasteiger charge is -2.26. The molecule has 9 heteroatoms. The van der Waals surface area contributed by atoms with Gasteiger partial charge in [0.05, 0.1) is 6.10 Å². The van der Waals surface area contributed by atoms with E-state index in [0.29, 0.717) is 36.0 Å². The molecule has 1 aromatic carbocycles. The zero-order valence-corrected chi connectivity index (χ0v) is 22.4. The van der Waals surface area contributed by atoms with E-state index in [9.17, 15) is 14.0 Å². The van der Waals surface area contributed by atoms with Crippen LogP contribution in [0.25, 0.3) is 11.1 Å². The Labute approximate surface area is 233 Å². The standard InChI is InChI=1S/C31H32FN5O3/c1-3-30(38)34-16-5-4-6-26-18-23(20-29(36-26)35-25-11-9-24(32)10-12-25)22-15-17-33-28(19-22)37-31(39)21-7-13-27(40-2)14-8-21/h3,9-12,15,17-21,27H,1,5,7-8,13-14,16H2,2H3,(H,34,38)(H,35,36)(H,33,37,39). The Balaban J connectivity index is 1.54. The van der Waals surface area contributed by atoms with Crippen LogP contribution in [0.3, 0.4) is 0 Å². The molecule has 1 aliphatic rings. The molecule has 3 N–H and O–H groups in total. The summed E-state index contributed by atoms with van der Waals surface area (Å²) >= 11 is 0. The fourth-order valence-electron chi connectivity index (χ4n) is 4.45. The number of nitrogens with zero attached hydrogens (tertiary/aromatic N) is 2. The third-order valence-electron chi connectivity index (χ3n) is 6.62. The molecule has 1 fully saturated rings. The molecular weight excluding hydrogens is 509 g/mol. The Hall–Kier alpha value is -4.55. The third kappa shape index (κ3) is 8.22. The molecule has 0 unspecified atom stereocenters. The number of amides is 2. The number of halogens is 1. The summed E-state index contributed by atoms with van der Waals surface area (Å²) in [6.45, 7) is 3.82. The highest BCUT2D eigenvalue weighted by Gasteiger charge is 2.26. The minimum absolute atomic E-state index is 0.0392. The average Bonchev–Trinajstić information content (AvgIpc) is 2.98. The van der Waals surface area contributed by atoms with Gasteiger partial charge in [-0.05, 0) is 97.3 Å². The normalized spacial score (nSPS) is 16.2. The Morgan fingerprint density at radius 2 is 1.82 bits per heavy atom. The van der Waals surface area contributed by atoms with E-state index in [0.717, 1.165) is 36.8 Å². The summed E-state index contributed by atoms with van der Waals surface area (Å²) in [6, 6.07) is 13.3. The number of methoxy groups -OCH3 is 1. The summed E-state index contributed by atoms with van der Waals surface area (Å²) in [6.07, 6.45) is 6.82. The number of nitrogens with one attached hydrogen (secondary N) is 3. The molecule has 8 nitrogen and oxygen atoms in total. The van der Waals surface area contributed by atoms with E-state index in [-0.39, 0.29) is 29.7 Å². The van der Waals surface area contributed by atoms with Gasteiger partial charge in [0, 0.05) is 37.9 Å². The summed E-state index contributed by atoms with van der Waals surface area (Å²) in [5.41, 5.74) is 2.80. The van der Waals surface area contributed by atoms with Crippen molar-refractivity contribution in [3.8, 4) is 23.0 Å². The number of benzene rings is 1. The quantitative estimate of drug-likeness (QED) is 0.195. The van der Waals surface area contributed by atoms with Crippen LogP contribution in [0.2, 0.25) is 0 Å². The predicted molar refractivity (Wildman–Crippen MR) is 153 cm³/mol. The fraction of sp³-hybridized carbons (Fsp3) is 0.290. The van der Waals surface area contributed by atoms with E-state index < -0.39 is 0 Å². The largest absolute Gasteiger partial charge is 0.381 e. The molecule has 206 valence electrons. The second-order valence-corrected chi connectivity index (χ2v) is 9.43. The molecule has 2 aromatic heterocycles. The van der Waals surface area contributed by atoms with Crippen molar-refractivity contribution in [3.05, 3.63) is 78.9 Å². The van der Waals surface area contributed by atoms with Crippen molar-refractivity contribution in [1.82, 2.24) is 15.3 Å². The summed E-state index contributed by atoms with van der Waals surface area (Å²) in [5, 5.41) is 8.84. The first-order valence-corrected chi connectivity index (χ1v) is 13.2. The van der Waals surface area contributed by atoms with E-state index in [1.54, 1.807) is 25.4 Å². The summed E-state index contributed by atoms with van der Waals surface area (Å²) in [5.74, 6) is 6.36. The minimum Gasteiger partial charge on any atom is -0.381 e. The number of rotatable bonds is 9. The molecule has 1 saturated carbocycles. The molecule has 4 rings (SSSR count). The van der Waals surface area contributed by atoms with Crippen LogP contribution in [0, 0.1) is 23.6 Å². The Morgan fingerprint density at radius 1 is 1.07 bits per heavy atom. The first-order chi connectivity index (χ1) is 19.4. The van der Waals surface area contributed by atoms with Crippen molar-refractivity contribution in [2.45, 2.75) is 38.2 Å². The highest BCUT2D eigenvalue weighted by atomic mass is 19.1. The van der Waals surface area contributed by atoms with E-state index in [1.807, 2.05) is 24.3 Å². The number of hydrogen-bond donors (Lipinski definition) is 3. The van der Waals surface area contributed by atoms with Crippen molar-refractivity contribution < 1.29 is 18.7 Å². The maximum absolute atomic E-state index is 13.4. The first kappa shape index (κ1) is 28.5. The molecule has 3 aromatic rings. The molecule has 0 spiro atoms. The number of aromatic nitrogens is 2. The third-order valence-corrected chi connectivity index (χ3v) is 6.62. The molecule has 0 radical (unpaired) electrons. The second-order valence-electron chi connectivity index (χ2n) is 9.43. The second kappa shape index (κ2) is 14.0. The number of anilines is 3. The minimum atomic E-state index is -0.333. The lowest BCUT2D eigenvalue weighted by atomic mass is 9.87. The molecule has 0 atom stereocenters. The van der Waals surface area contributed by atoms with Gasteiger partial charge in [0.1, 0.15) is 23.1 Å². The van der Waals surface area contributed by atoms with Crippen LogP contribution in [-0.2, 0) is 14.3 Å². The molecule has 0 aliphatic heterocycles. The Kier molecular flexibility index (Phi) is 9.97. The maximum Gasteiger partial charge on any atom is 0.243 e. The molecule has 1 aliphatic carbocycles. The Bertz CT molecular complexity index is 1410. The molecule has 2 amide bonds. The first-order valence-electron chi connectivity index (χ1n) is 13.2. The van der Waals surface area contributed by atoms with Gasteiger partial charge < -0.3 is 20.7 Å². The number of hydrogen-bond acceptors (Lipinski definition) is 6. The highest BCUT2D eigenvalue weighted by Crippen LogP contribution is 2.29. The van der Waals surface area contributed by atoms with Gasteiger partial charge in [-0.2, -0.15) is 0 Å². The highest BCUT2D eigenvalue weighted by molar-refractivity contribution is 5.92. The van der Waals surface area contributed by atoms with Gasteiger partial charge in [-0.3, -0.25) is 9.59 Å². The van der Waals surface area contributed by atoms with E-state index >= 15 is 0 Å². The smallest absolute Gasteiger partial charge is 0.243 e. The van der Waals surface area contributed by atoms with Crippen molar-refractivity contribution >= 4 is 29.1 Å². The van der Waals surface area contributed by atoms with Gasteiger partial charge in [0.15, 0.2) is 0 Å². The van der Waals surface area contributed by atoms with Crippen molar-refractivity contribution in [2.75, 3.05) is 24.3 Å². The van der Waals surface area contributed by atoms with Crippen LogP contribution < -0.4 is 16.0 Å². The van der Waals surface area contributed by atoms with Crippen molar-refractivity contribution in [2.24, 2.45) is 5.92 Å². The van der Waals surface area contributed by atoms with Gasteiger partial charge in [-0.15, -0.1) is 0 Å². The van der Waals surface area contributed by atoms with E-state index in [1.165, 1.54) is 18.2 Å². The maximum atomic E-state index is 13.4. The van der Waals surface area contributed by atoms with Crippen molar-refractivity contribution in [1.29, 1.82) is 0 Å². The van der Waals surface area contributed by atoms with Gasteiger partial charge >= 0.3 is 0 Å². The van der Waals surface area contributed by atoms with Crippen LogP contribution in [0.5, 0.6) is 0 Å². The molecule has 0 saturated heterocycles. The molecule has 0 bridgehead atoms. The fourth-order valence-corrected chi connectivity index (χ4v) is 4.45. The number of ether oxygens (including phenoxy) is 1.